The van der Waals surface area contributed by atoms with Gasteiger partial charge in [0.25, 0.3) is 0 Å². The molecule has 0 amide bonds. The largest absolute Gasteiger partial charge is 0.390 e. The highest BCUT2D eigenvalue weighted by Crippen LogP contribution is 2.30. The van der Waals surface area contributed by atoms with Gasteiger partial charge in [-0.3, -0.25) is 4.90 Å². The predicted octanol–water partition coefficient (Wildman–Crippen LogP) is 2.37. The van der Waals surface area contributed by atoms with Crippen LogP contribution in [0.1, 0.15) is 44.7 Å². The summed E-state index contributed by atoms with van der Waals surface area (Å²) < 4.78 is 0. The predicted molar refractivity (Wildman–Crippen MR) is 76.8 cm³/mol. The summed E-state index contributed by atoms with van der Waals surface area (Å²) in [5.41, 5.74) is 6.99. The fourth-order valence-corrected chi connectivity index (χ4v) is 3.54. The van der Waals surface area contributed by atoms with Crippen LogP contribution in [0.4, 0.5) is 0 Å². The molecule has 1 fully saturated rings. The van der Waals surface area contributed by atoms with E-state index in [9.17, 15) is 5.11 Å². The van der Waals surface area contributed by atoms with E-state index in [1.807, 2.05) is 6.92 Å². The molecule has 2 heterocycles. The number of nitrogens with two attached hydrogens (primary N) is 1. The van der Waals surface area contributed by atoms with Crippen LogP contribution in [0.5, 0.6) is 0 Å². The summed E-state index contributed by atoms with van der Waals surface area (Å²) in [7, 11) is 0. The molecule has 1 aliphatic rings. The molecule has 0 saturated carbocycles. The first kappa shape index (κ1) is 14.0. The van der Waals surface area contributed by atoms with Crippen LogP contribution in [0, 0.1) is 0 Å². The molecule has 18 heavy (non-hydrogen) atoms. The lowest BCUT2D eigenvalue weighted by Gasteiger charge is -2.33. The molecule has 1 aromatic heterocycles. The molecule has 0 aromatic carbocycles. The van der Waals surface area contributed by atoms with Crippen molar-refractivity contribution >= 4 is 11.3 Å². The zero-order valence-electron chi connectivity index (χ0n) is 11.3. The van der Waals surface area contributed by atoms with Crippen LogP contribution < -0.4 is 5.73 Å². The number of nitrogens with zero attached hydrogens (tertiary/aromatic N) is 1. The van der Waals surface area contributed by atoms with E-state index in [0.29, 0.717) is 0 Å². The van der Waals surface area contributed by atoms with E-state index in [4.69, 9.17) is 5.73 Å². The van der Waals surface area contributed by atoms with Crippen LogP contribution in [0.15, 0.2) is 16.8 Å². The maximum Gasteiger partial charge on any atom is 0.0632 e. The topological polar surface area (TPSA) is 49.5 Å². The molecule has 3 N–H and O–H groups in total. The first-order chi connectivity index (χ1) is 8.49. The summed E-state index contributed by atoms with van der Waals surface area (Å²) in [4.78, 5) is 2.44. The second kappa shape index (κ2) is 5.70. The number of hydrogen-bond donors (Lipinski definition) is 2. The van der Waals surface area contributed by atoms with Gasteiger partial charge in [-0.2, -0.15) is 11.3 Å². The fourth-order valence-electron chi connectivity index (χ4n) is 2.85. The zero-order chi connectivity index (χ0) is 13.2. The van der Waals surface area contributed by atoms with E-state index in [0.717, 1.165) is 32.4 Å². The summed E-state index contributed by atoms with van der Waals surface area (Å²) in [6, 6.07) is 2.56. The molecule has 0 bridgehead atoms. The van der Waals surface area contributed by atoms with Crippen LogP contribution >= 0.6 is 11.3 Å². The van der Waals surface area contributed by atoms with Gasteiger partial charge in [-0.25, -0.2) is 0 Å². The molecule has 3 atom stereocenters. The van der Waals surface area contributed by atoms with E-state index in [-0.39, 0.29) is 12.1 Å². The summed E-state index contributed by atoms with van der Waals surface area (Å²) in [6.45, 7) is 5.97. The Morgan fingerprint density at radius 1 is 1.44 bits per heavy atom. The van der Waals surface area contributed by atoms with E-state index >= 15 is 0 Å². The minimum atomic E-state index is -0.508. The molecular formula is C14H24N2OS. The van der Waals surface area contributed by atoms with Crippen LogP contribution in [0.2, 0.25) is 0 Å². The standard InChI is InChI=1S/C14H24N2OS/c1-11(15)13(12-4-9-18-10-12)16-7-3-5-14(2,17)6-8-16/h4,9-11,13,17H,3,5-8,15H2,1-2H3. The third-order valence-corrected chi connectivity index (χ3v) is 4.58. The molecular weight excluding hydrogens is 244 g/mol. The maximum atomic E-state index is 10.2. The number of thiophene rings is 1. The van der Waals surface area contributed by atoms with Crippen molar-refractivity contribution in [1.82, 2.24) is 4.90 Å². The Hall–Kier alpha value is -0.420. The van der Waals surface area contributed by atoms with Gasteiger partial charge >= 0.3 is 0 Å². The fraction of sp³-hybridized carbons (Fsp3) is 0.714. The summed E-state index contributed by atoms with van der Waals surface area (Å²) in [5, 5.41) is 14.5. The van der Waals surface area contributed by atoms with Crippen LogP contribution in [0.3, 0.4) is 0 Å². The van der Waals surface area contributed by atoms with Crippen LogP contribution in [-0.4, -0.2) is 34.7 Å². The average Bonchev–Trinajstić information content (AvgIpc) is 2.72. The Morgan fingerprint density at radius 3 is 2.83 bits per heavy atom. The molecule has 3 nitrogen and oxygen atoms in total. The highest BCUT2D eigenvalue weighted by Gasteiger charge is 2.30. The van der Waals surface area contributed by atoms with Crippen molar-refractivity contribution in [3.63, 3.8) is 0 Å². The third kappa shape index (κ3) is 3.32. The Labute approximate surface area is 114 Å². The first-order valence-electron chi connectivity index (χ1n) is 6.74. The molecule has 0 radical (unpaired) electrons. The van der Waals surface area contributed by atoms with Crippen molar-refractivity contribution in [3.05, 3.63) is 22.4 Å². The molecule has 1 aliphatic heterocycles. The van der Waals surface area contributed by atoms with Crippen molar-refractivity contribution in [2.75, 3.05) is 13.1 Å². The normalized spacial score (nSPS) is 29.8. The minimum Gasteiger partial charge on any atom is -0.390 e. The van der Waals surface area contributed by atoms with Gasteiger partial charge in [0, 0.05) is 12.6 Å². The molecule has 3 unspecified atom stereocenters. The lowest BCUT2D eigenvalue weighted by molar-refractivity contribution is 0.0424. The van der Waals surface area contributed by atoms with Gasteiger partial charge in [-0.05, 0) is 62.0 Å². The minimum absolute atomic E-state index is 0.114. The average molecular weight is 268 g/mol. The second-order valence-electron chi connectivity index (χ2n) is 5.75. The Balaban J connectivity index is 2.12. The smallest absolute Gasteiger partial charge is 0.0632 e. The number of aliphatic hydroxyl groups is 1. The van der Waals surface area contributed by atoms with Gasteiger partial charge in [0.1, 0.15) is 0 Å². The van der Waals surface area contributed by atoms with Gasteiger partial charge in [0.2, 0.25) is 0 Å². The molecule has 0 spiro atoms. The number of hydrogen-bond acceptors (Lipinski definition) is 4. The molecule has 102 valence electrons. The third-order valence-electron chi connectivity index (χ3n) is 3.87. The Kier molecular flexibility index (Phi) is 4.43. The number of likely N-dealkylation sites (tertiary alicyclic amines) is 1. The van der Waals surface area contributed by atoms with Gasteiger partial charge < -0.3 is 10.8 Å². The number of rotatable bonds is 3. The zero-order valence-corrected chi connectivity index (χ0v) is 12.1. The van der Waals surface area contributed by atoms with Gasteiger partial charge in [-0.15, -0.1) is 0 Å². The van der Waals surface area contributed by atoms with Crippen LogP contribution in [-0.2, 0) is 0 Å². The lowest BCUT2D eigenvalue weighted by Crippen LogP contribution is -2.40. The van der Waals surface area contributed by atoms with Crippen molar-refractivity contribution in [2.45, 2.75) is 50.8 Å². The molecule has 2 rings (SSSR count). The Morgan fingerprint density at radius 2 is 2.22 bits per heavy atom. The van der Waals surface area contributed by atoms with E-state index in [1.165, 1.54) is 5.56 Å². The second-order valence-corrected chi connectivity index (χ2v) is 6.53. The first-order valence-corrected chi connectivity index (χ1v) is 7.68. The van der Waals surface area contributed by atoms with Crippen molar-refractivity contribution in [2.24, 2.45) is 5.73 Å². The SMILES string of the molecule is CC(N)C(c1ccsc1)N1CCCC(C)(O)CC1. The summed E-state index contributed by atoms with van der Waals surface area (Å²) >= 11 is 1.72. The van der Waals surface area contributed by atoms with E-state index in [2.05, 4.69) is 28.7 Å². The monoisotopic (exact) mass is 268 g/mol. The van der Waals surface area contributed by atoms with E-state index < -0.39 is 5.60 Å². The Bertz CT molecular complexity index is 362. The van der Waals surface area contributed by atoms with Crippen molar-refractivity contribution < 1.29 is 5.11 Å². The molecule has 4 heteroatoms. The highest BCUT2D eigenvalue weighted by molar-refractivity contribution is 7.07. The molecule has 1 saturated heterocycles. The molecule has 1 aromatic rings. The van der Waals surface area contributed by atoms with Crippen LogP contribution in [0.25, 0.3) is 0 Å². The summed E-state index contributed by atoms with van der Waals surface area (Å²) in [5.74, 6) is 0. The lowest BCUT2D eigenvalue weighted by atomic mass is 9.98. The van der Waals surface area contributed by atoms with Gasteiger partial charge in [0.15, 0.2) is 0 Å². The quantitative estimate of drug-likeness (QED) is 0.885. The van der Waals surface area contributed by atoms with Crippen molar-refractivity contribution in [1.29, 1.82) is 0 Å². The van der Waals surface area contributed by atoms with Gasteiger partial charge in [-0.1, -0.05) is 0 Å². The molecule has 0 aliphatic carbocycles. The van der Waals surface area contributed by atoms with Crippen molar-refractivity contribution in [3.8, 4) is 0 Å². The maximum absolute atomic E-state index is 10.2. The summed E-state index contributed by atoms with van der Waals surface area (Å²) in [6.07, 6.45) is 2.76. The van der Waals surface area contributed by atoms with Gasteiger partial charge in [0.05, 0.1) is 11.6 Å². The highest BCUT2D eigenvalue weighted by atomic mass is 32.1. The van der Waals surface area contributed by atoms with E-state index in [1.54, 1.807) is 11.3 Å².